The molecule has 96 valence electrons. The van der Waals surface area contributed by atoms with E-state index in [4.69, 9.17) is 0 Å². The lowest BCUT2D eigenvalue weighted by molar-refractivity contribution is 0.695. The van der Waals surface area contributed by atoms with Gasteiger partial charge in [-0.05, 0) is 35.3 Å². The Balaban J connectivity index is 2.12. The Hall–Kier alpha value is -1.75. The summed E-state index contributed by atoms with van der Waals surface area (Å²) in [6.07, 6.45) is 0. The Kier molecular flexibility index (Phi) is 3.06. The summed E-state index contributed by atoms with van der Waals surface area (Å²) in [7, 11) is 0. The molecule has 0 saturated heterocycles. The minimum absolute atomic E-state index is 0.709. The van der Waals surface area contributed by atoms with Crippen LogP contribution >= 0.6 is 15.9 Å². The van der Waals surface area contributed by atoms with Crippen LogP contribution in [0.2, 0.25) is 0 Å². The van der Waals surface area contributed by atoms with Gasteiger partial charge < -0.3 is 0 Å². The van der Waals surface area contributed by atoms with Gasteiger partial charge in [-0.1, -0.05) is 30.3 Å². The van der Waals surface area contributed by atoms with Gasteiger partial charge in [0.2, 0.25) is 0 Å². The summed E-state index contributed by atoms with van der Waals surface area (Å²) < 4.78 is 2.69. The van der Waals surface area contributed by atoms with Crippen molar-refractivity contribution in [3.05, 3.63) is 51.9 Å². The summed E-state index contributed by atoms with van der Waals surface area (Å²) in [6.45, 7) is 4.60. The molecule has 4 nitrogen and oxygen atoms in total. The molecule has 0 saturated carbocycles. The molecule has 1 aromatic carbocycles. The van der Waals surface area contributed by atoms with Crippen LogP contribution in [-0.2, 0) is 6.54 Å². The monoisotopic (exact) mass is 316 g/mol. The van der Waals surface area contributed by atoms with Crippen molar-refractivity contribution in [2.45, 2.75) is 20.4 Å². The number of rotatable bonds is 2. The second-order valence-corrected chi connectivity index (χ2v) is 5.25. The summed E-state index contributed by atoms with van der Waals surface area (Å²) in [5, 5.41) is 4.54. The molecule has 0 aliphatic rings. The van der Waals surface area contributed by atoms with Gasteiger partial charge in [-0.3, -0.25) is 0 Å². The molecule has 19 heavy (non-hydrogen) atoms. The Morgan fingerprint density at radius 1 is 1.05 bits per heavy atom. The third kappa shape index (κ3) is 2.26. The molecule has 3 rings (SSSR count). The Morgan fingerprint density at radius 3 is 2.53 bits per heavy atom. The Bertz CT molecular complexity index is 734. The topological polar surface area (TPSA) is 43.6 Å². The minimum atomic E-state index is 0.709. The maximum atomic E-state index is 4.58. The Morgan fingerprint density at radius 2 is 1.79 bits per heavy atom. The molecule has 0 unspecified atom stereocenters. The van der Waals surface area contributed by atoms with Crippen LogP contribution in [0.3, 0.4) is 0 Å². The van der Waals surface area contributed by atoms with Gasteiger partial charge in [0.25, 0.3) is 0 Å². The van der Waals surface area contributed by atoms with Crippen molar-refractivity contribution in [3.8, 4) is 0 Å². The summed E-state index contributed by atoms with van der Waals surface area (Å²) in [5.74, 6) is 0. The van der Waals surface area contributed by atoms with Gasteiger partial charge in [0, 0.05) is 0 Å². The van der Waals surface area contributed by atoms with Gasteiger partial charge in [0.05, 0.1) is 17.9 Å². The fourth-order valence-corrected chi connectivity index (χ4v) is 2.32. The van der Waals surface area contributed by atoms with Crippen molar-refractivity contribution in [2.75, 3.05) is 0 Å². The fraction of sp³-hybridized carbons (Fsp3) is 0.214. The predicted octanol–water partition coefficient (Wildman–Crippen LogP) is 3.25. The number of hydrogen-bond donors (Lipinski definition) is 0. The molecule has 0 fully saturated rings. The molecule has 0 amide bonds. The van der Waals surface area contributed by atoms with Crippen LogP contribution in [0.1, 0.15) is 17.0 Å². The standard InChI is InChI=1S/C14H13BrN4/c1-9-12-14(16-10(2)13(15)17-12)19(18-9)8-11-6-4-3-5-7-11/h3-7H,8H2,1-2H3. The molecule has 2 heterocycles. The van der Waals surface area contributed by atoms with E-state index in [1.165, 1.54) is 5.56 Å². The number of aryl methyl sites for hydroxylation is 2. The number of benzene rings is 1. The fourth-order valence-electron chi connectivity index (χ4n) is 2.05. The average molecular weight is 317 g/mol. The third-order valence-electron chi connectivity index (χ3n) is 3.03. The lowest BCUT2D eigenvalue weighted by Crippen LogP contribution is -2.03. The zero-order valence-corrected chi connectivity index (χ0v) is 12.3. The van der Waals surface area contributed by atoms with Crippen molar-refractivity contribution in [2.24, 2.45) is 0 Å². The maximum Gasteiger partial charge on any atom is 0.177 e. The zero-order chi connectivity index (χ0) is 13.4. The number of fused-ring (bicyclic) bond motifs is 1. The van der Waals surface area contributed by atoms with E-state index in [0.717, 1.165) is 27.2 Å². The van der Waals surface area contributed by atoms with Gasteiger partial charge in [0.1, 0.15) is 10.1 Å². The SMILES string of the molecule is Cc1nc2c(nc1Br)c(C)nn2Cc1ccccc1. The zero-order valence-electron chi connectivity index (χ0n) is 10.8. The molecular formula is C14H13BrN4. The van der Waals surface area contributed by atoms with Crippen molar-refractivity contribution in [1.82, 2.24) is 19.7 Å². The first kappa shape index (κ1) is 12.3. The average Bonchev–Trinajstić information content (AvgIpc) is 2.68. The molecule has 0 aliphatic heterocycles. The molecule has 0 bridgehead atoms. The Labute approximate surface area is 119 Å². The first-order valence-corrected chi connectivity index (χ1v) is 6.85. The summed E-state index contributed by atoms with van der Waals surface area (Å²) in [6, 6.07) is 10.2. The largest absolute Gasteiger partial charge is 0.241 e. The number of hydrogen-bond acceptors (Lipinski definition) is 3. The quantitative estimate of drug-likeness (QED) is 0.729. The first-order chi connectivity index (χ1) is 9.15. The molecule has 2 aromatic heterocycles. The second kappa shape index (κ2) is 4.74. The van der Waals surface area contributed by atoms with Crippen LogP contribution in [0.25, 0.3) is 11.2 Å². The van der Waals surface area contributed by atoms with Gasteiger partial charge in [-0.25, -0.2) is 14.6 Å². The van der Waals surface area contributed by atoms with Gasteiger partial charge in [-0.2, -0.15) is 5.10 Å². The third-order valence-corrected chi connectivity index (χ3v) is 3.78. The smallest absolute Gasteiger partial charge is 0.177 e. The molecule has 0 spiro atoms. The van der Waals surface area contributed by atoms with E-state index in [0.29, 0.717) is 6.54 Å². The predicted molar refractivity (Wildman–Crippen MR) is 78.0 cm³/mol. The van der Waals surface area contributed by atoms with Crippen molar-refractivity contribution >= 4 is 27.1 Å². The highest BCUT2D eigenvalue weighted by Crippen LogP contribution is 2.20. The van der Waals surface area contributed by atoms with Crippen LogP contribution in [0.5, 0.6) is 0 Å². The number of nitrogens with zero attached hydrogens (tertiary/aromatic N) is 4. The normalized spacial score (nSPS) is 11.1. The summed E-state index contributed by atoms with van der Waals surface area (Å²) >= 11 is 3.42. The van der Waals surface area contributed by atoms with Crippen LogP contribution < -0.4 is 0 Å². The highest BCUT2D eigenvalue weighted by atomic mass is 79.9. The molecule has 3 aromatic rings. The molecule has 0 aliphatic carbocycles. The van der Waals surface area contributed by atoms with E-state index in [-0.39, 0.29) is 0 Å². The van der Waals surface area contributed by atoms with Gasteiger partial charge in [-0.15, -0.1) is 0 Å². The first-order valence-electron chi connectivity index (χ1n) is 6.06. The molecule has 0 radical (unpaired) electrons. The lowest BCUT2D eigenvalue weighted by atomic mass is 10.2. The molecule has 0 atom stereocenters. The summed E-state index contributed by atoms with van der Waals surface area (Å²) in [4.78, 5) is 9.09. The van der Waals surface area contributed by atoms with Crippen molar-refractivity contribution < 1.29 is 0 Å². The van der Waals surface area contributed by atoms with Crippen LogP contribution in [0, 0.1) is 13.8 Å². The van der Waals surface area contributed by atoms with Gasteiger partial charge >= 0.3 is 0 Å². The summed E-state index contributed by atoms with van der Waals surface area (Å²) in [5.41, 5.74) is 4.67. The molecular weight excluding hydrogens is 304 g/mol. The van der Waals surface area contributed by atoms with E-state index in [9.17, 15) is 0 Å². The minimum Gasteiger partial charge on any atom is -0.241 e. The van der Waals surface area contributed by atoms with E-state index in [2.05, 4.69) is 43.1 Å². The van der Waals surface area contributed by atoms with Crippen LogP contribution in [0.15, 0.2) is 34.9 Å². The van der Waals surface area contributed by atoms with Crippen LogP contribution in [0.4, 0.5) is 0 Å². The van der Waals surface area contributed by atoms with Crippen molar-refractivity contribution in [1.29, 1.82) is 0 Å². The van der Waals surface area contributed by atoms with E-state index in [1.807, 2.05) is 36.7 Å². The highest BCUT2D eigenvalue weighted by Gasteiger charge is 2.12. The van der Waals surface area contributed by atoms with Gasteiger partial charge in [0.15, 0.2) is 5.65 Å². The molecule has 0 N–H and O–H groups in total. The second-order valence-electron chi connectivity index (χ2n) is 4.50. The number of halogens is 1. The molecule has 5 heteroatoms. The van der Waals surface area contributed by atoms with E-state index in [1.54, 1.807) is 0 Å². The van der Waals surface area contributed by atoms with E-state index < -0.39 is 0 Å². The highest BCUT2D eigenvalue weighted by molar-refractivity contribution is 9.10. The maximum absolute atomic E-state index is 4.58. The van der Waals surface area contributed by atoms with Crippen LogP contribution in [-0.4, -0.2) is 19.7 Å². The van der Waals surface area contributed by atoms with Crippen molar-refractivity contribution in [3.63, 3.8) is 0 Å². The van der Waals surface area contributed by atoms with E-state index >= 15 is 0 Å². The number of aromatic nitrogens is 4. The lowest BCUT2D eigenvalue weighted by Gasteiger charge is -2.03.